The number of rotatable bonds is 7. The van der Waals surface area contributed by atoms with Crippen molar-refractivity contribution in [2.24, 2.45) is 0 Å². The molecule has 0 atom stereocenters. The molecule has 176 valence electrons. The van der Waals surface area contributed by atoms with E-state index in [2.05, 4.69) is 20.5 Å². The van der Waals surface area contributed by atoms with Crippen molar-refractivity contribution in [1.82, 2.24) is 24.6 Å². The predicted molar refractivity (Wildman–Crippen MR) is 136 cm³/mol. The highest BCUT2D eigenvalue weighted by Gasteiger charge is 2.20. The molecule has 5 rings (SSSR count). The molecular weight excluding hydrogens is 460 g/mol. The first-order chi connectivity index (χ1) is 17.2. The third kappa shape index (κ3) is 5.25. The average Bonchev–Trinajstić information content (AvgIpc) is 3.59. The summed E-state index contributed by atoms with van der Waals surface area (Å²) >= 11 is 1.30. The Morgan fingerprint density at radius 3 is 2.54 bits per heavy atom. The lowest BCUT2D eigenvalue weighted by atomic mass is 10.1. The van der Waals surface area contributed by atoms with Crippen molar-refractivity contribution in [2.75, 3.05) is 24.2 Å². The molecule has 9 heteroatoms. The van der Waals surface area contributed by atoms with Gasteiger partial charge in [-0.2, -0.15) is 0 Å². The Morgan fingerprint density at radius 1 is 0.943 bits per heavy atom. The number of thioether (sulfide) groups is 1. The summed E-state index contributed by atoms with van der Waals surface area (Å²) in [5.74, 6) is 0.612. The molecular formula is C26H24N6O2S. The van der Waals surface area contributed by atoms with Gasteiger partial charge in [-0.1, -0.05) is 36.0 Å². The maximum absolute atomic E-state index is 12.8. The molecule has 2 aromatic carbocycles. The van der Waals surface area contributed by atoms with Gasteiger partial charge in [-0.3, -0.25) is 19.1 Å². The standard InChI is InChI=1S/C26H24N6O2S/c33-23(28-21-10-6-8-19(16-21)25(34)31-14-4-5-15-31)18-35-26-30-29-24(20-9-7-13-27-17-20)32(26)22-11-2-1-3-12-22/h1-3,6-13,16-17H,4-5,14-15,18H2,(H,28,33). The van der Waals surface area contributed by atoms with Gasteiger partial charge in [0, 0.05) is 48.0 Å². The molecule has 4 aromatic rings. The Bertz CT molecular complexity index is 1320. The number of hydrogen-bond donors (Lipinski definition) is 1. The van der Waals surface area contributed by atoms with Gasteiger partial charge in [-0.15, -0.1) is 10.2 Å². The van der Waals surface area contributed by atoms with Crippen molar-refractivity contribution in [2.45, 2.75) is 18.0 Å². The van der Waals surface area contributed by atoms with Crippen molar-refractivity contribution in [1.29, 1.82) is 0 Å². The molecule has 1 saturated heterocycles. The first kappa shape index (κ1) is 22.8. The lowest BCUT2D eigenvalue weighted by Crippen LogP contribution is -2.27. The Kier molecular flexibility index (Phi) is 6.85. The van der Waals surface area contributed by atoms with E-state index in [0.29, 0.717) is 22.2 Å². The molecule has 35 heavy (non-hydrogen) atoms. The van der Waals surface area contributed by atoms with Crippen molar-refractivity contribution in [3.8, 4) is 17.1 Å². The molecule has 2 aromatic heterocycles. The van der Waals surface area contributed by atoms with E-state index in [9.17, 15) is 9.59 Å². The number of amides is 2. The number of aromatic nitrogens is 4. The van der Waals surface area contributed by atoms with E-state index < -0.39 is 0 Å². The summed E-state index contributed by atoms with van der Waals surface area (Å²) in [7, 11) is 0. The van der Waals surface area contributed by atoms with Gasteiger partial charge in [0.05, 0.1) is 5.75 Å². The number of carbonyl (C=O) groups is 2. The molecule has 2 amide bonds. The zero-order valence-electron chi connectivity index (χ0n) is 19.0. The number of likely N-dealkylation sites (tertiary alicyclic amines) is 1. The number of nitrogens with zero attached hydrogens (tertiary/aromatic N) is 5. The maximum atomic E-state index is 12.8. The number of nitrogens with one attached hydrogen (secondary N) is 1. The second kappa shape index (κ2) is 10.5. The van der Waals surface area contributed by atoms with Crippen LogP contribution in [0.1, 0.15) is 23.2 Å². The molecule has 0 spiro atoms. The minimum absolute atomic E-state index is 0.00636. The van der Waals surface area contributed by atoms with Crippen molar-refractivity contribution < 1.29 is 9.59 Å². The third-order valence-electron chi connectivity index (χ3n) is 5.69. The van der Waals surface area contributed by atoms with Crippen LogP contribution < -0.4 is 5.32 Å². The van der Waals surface area contributed by atoms with Gasteiger partial charge in [-0.05, 0) is 55.3 Å². The highest BCUT2D eigenvalue weighted by atomic mass is 32.2. The molecule has 1 N–H and O–H groups in total. The molecule has 0 aliphatic carbocycles. The second-order valence-corrected chi connectivity index (χ2v) is 9.08. The van der Waals surface area contributed by atoms with Crippen LogP contribution in [-0.4, -0.2) is 55.3 Å². The average molecular weight is 485 g/mol. The summed E-state index contributed by atoms with van der Waals surface area (Å²) in [6, 6.07) is 20.6. The number of pyridine rings is 1. The summed E-state index contributed by atoms with van der Waals surface area (Å²) in [5.41, 5.74) is 2.91. The van der Waals surface area contributed by atoms with Crippen LogP contribution in [0.4, 0.5) is 5.69 Å². The minimum Gasteiger partial charge on any atom is -0.339 e. The summed E-state index contributed by atoms with van der Waals surface area (Å²) < 4.78 is 1.92. The second-order valence-electron chi connectivity index (χ2n) is 8.14. The zero-order chi connectivity index (χ0) is 24.0. The van der Waals surface area contributed by atoms with Gasteiger partial charge in [-0.25, -0.2) is 0 Å². The number of anilines is 1. The fourth-order valence-electron chi connectivity index (χ4n) is 4.02. The Labute approximate surface area is 207 Å². The lowest BCUT2D eigenvalue weighted by Gasteiger charge is -2.15. The number of benzene rings is 2. The van der Waals surface area contributed by atoms with Gasteiger partial charge in [0.15, 0.2) is 11.0 Å². The Morgan fingerprint density at radius 2 is 1.77 bits per heavy atom. The van der Waals surface area contributed by atoms with Crippen molar-refractivity contribution in [3.63, 3.8) is 0 Å². The van der Waals surface area contributed by atoms with Crippen molar-refractivity contribution >= 4 is 29.3 Å². The molecule has 1 aliphatic rings. The normalized spacial score (nSPS) is 13.1. The third-order valence-corrected chi connectivity index (χ3v) is 6.62. The molecule has 1 aliphatic heterocycles. The number of hydrogen-bond acceptors (Lipinski definition) is 6. The van der Waals surface area contributed by atoms with E-state index in [1.165, 1.54) is 11.8 Å². The monoisotopic (exact) mass is 484 g/mol. The zero-order valence-corrected chi connectivity index (χ0v) is 19.8. The minimum atomic E-state index is -0.189. The highest BCUT2D eigenvalue weighted by Crippen LogP contribution is 2.27. The van der Waals surface area contributed by atoms with Crippen LogP contribution in [0.15, 0.2) is 84.3 Å². The SMILES string of the molecule is O=C(CSc1nnc(-c2cccnc2)n1-c1ccccc1)Nc1cccc(C(=O)N2CCCC2)c1. The topological polar surface area (TPSA) is 93.0 Å². The summed E-state index contributed by atoms with van der Waals surface area (Å²) in [6.45, 7) is 1.57. The van der Waals surface area contributed by atoms with E-state index in [-0.39, 0.29) is 17.6 Å². The van der Waals surface area contributed by atoms with Gasteiger partial charge >= 0.3 is 0 Å². The van der Waals surface area contributed by atoms with Gasteiger partial charge in [0.2, 0.25) is 5.91 Å². The fourth-order valence-corrected chi connectivity index (χ4v) is 4.77. The fraction of sp³-hybridized carbons (Fsp3) is 0.192. The lowest BCUT2D eigenvalue weighted by molar-refractivity contribution is -0.113. The molecule has 0 radical (unpaired) electrons. The summed E-state index contributed by atoms with van der Waals surface area (Å²) in [4.78, 5) is 31.5. The predicted octanol–water partition coefficient (Wildman–Crippen LogP) is 4.30. The van der Waals surface area contributed by atoms with Crippen LogP contribution >= 0.6 is 11.8 Å². The molecule has 8 nitrogen and oxygen atoms in total. The van der Waals surface area contributed by atoms with Gasteiger partial charge in [0.1, 0.15) is 0 Å². The van der Waals surface area contributed by atoms with E-state index in [4.69, 9.17) is 0 Å². The van der Waals surface area contributed by atoms with Crippen molar-refractivity contribution in [3.05, 3.63) is 84.7 Å². The smallest absolute Gasteiger partial charge is 0.253 e. The van der Waals surface area contributed by atoms with Crippen LogP contribution in [0.25, 0.3) is 17.1 Å². The first-order valence-corrected chi connectivity index (χ1v) is 12.4. The molecule has 3 heterocycles. The number of carbonyl (C=O) groups excluding carboxylic acids is 2. The van der Waals surface area contributed by atoms with Crippen LogP contribution in [0.3, 0.4) is 0 Å². The van der Waals surface area contributed by atoms with Crippen LogP contribution in [0, 0.1) is 0 Å². The molecule has 0 bridgehead atoms. The van der Waals surface area contributed by atoms with E-state index in [1.807, 2.05) is 51.9 Å². The van der Waals surface area contributed by atoms with Gasteiger partial charge in [0.25, 0.3) is 5.91 Å². The Balaban J connectivity index is 1.30. The van der Waals surface area contributed by atoms with Crippen LogP contribution in [0.2, 0.25) is 0 Å². The summed E-state index contributed by atoms with van der Waals surface area (Å²) in [5, 5.41) is 12.2. The molecule has 1 fully saturated rings. The van der Waals surface area contributed by atoms with Crippen LogP contribution in [-0.2, 0) is 4.79 Å². The van der Waals surface area contributed by atoms with Crippen LogP contribution in [0.5, 0.6) is 0 Å². The number of para-hydroxylation sites is 1. The maximum Gasteiger partial charge on any atom is 0.253 e. The van der Waals surface area contributed by atoms with E-state index >= 15 is 0 Å². The summed E-state index contributed by atoms with van der Waals surface area (Å²) in [6.07, 6.45) is 5.52. The van der Waals surface area contributed by atoms with Gasteiger partial charge < -0.3 is 10.2 Å². The highest BCUT2D eigenvalue weighted by molar-refractivity contribution is 7.99. The quantitative estimate of drug-likeness (QED) is 0.393. The first-order valence-electron chi connectivity index (χ1n) is 11.4. The molecule has 0 saturated carbocycles. The Hall–Kier alpha value is -3.98. The molecule has 0 unspecified atom stereocenters. The van der Waals surface area contributed by atoms with E-state index in [1.54, 1.807) is 36.7 Å². The van der Waals surface area contributed by atoms with E-state index in [0.717, 1.165) is 37.2 Å². The largest absolute Gasteiger partial charge is 0.339 e.